The number of thiocarbonyl (C=S) groups is 1. The van der Waals surface area contributed by atoms with Gasteiger partial charge in [-0.15, -0.1) is 0 Å². The van der Waals surface area contributed by atoms with Gasteiger partial charge in [-0.05, 0) is 44.0 Å². The van der Waals surface area contributed by atoms with Crippen molar-refractivity contribution in [1.29, 1.82) is 0 Å². The maximum atomic E-state index is 12.3. The minimum Gasteiger partial charge on any atom is -0.372 e. The van der Waals surface area contributed by atoms with E-state index in [0.29, 0.717) is 15.8 Å². The molecule has 3 nitrogen and oxygen atoms in total. The molecule has 0 atom stereocenters. The Kier molecular flexibility index (Phi) is 6.03. The zero-order valence-electron chi connectivity index (χ0n) is 13.3. The molecule has 1 amide bonds. The molecular formula is C17H22N2OS2. The molecule has 2 rings (SSSR count). The molecule has 0 unspecified atom stereocenters. The van der Waals surface area contributed by atoms with Crippen molar-refractivity contribution in [3.8, 4) is 0 Å². The van der Waals surface area contributed by atoms with Gasteiger partial charge in [0.15, 0.2) is 0 Å². The Balaban J connectivity index is 2.16. The number of hydrogen-bond acceptors (Lipinski definition) is 4. The summed E-state index contributed by atoms with van der Waals surface area (Å²) in [5.41, 5.74) is 2.24. The van der Waals surface area contributed by atoms with Crippen LogP contribution in [-0.4, -0.2) is 34.8 Å². The van der Waals surface area contributed by atoms with E-state index in [1.54, 1.807) is 4.90 Å². The molecule has 118 valence electrons. The van der Waals surface area contributed by atoms with Crippen molar-refractivity contribution in [3.05, 3.63) is 34.7 Å². The summed E-state index contributed by atoms with van der Waals surface area (Å²) in [7, 11) is 0. The van der Waals surface area contributed by atoms with E-state index in [2.05, 4.69) is 43.0 Å². The highest BCUT2D eigenvalue weighted by molar-refractivity contribution is 8.26. The van der Waals surface area contributed by atoms with Crippen LogP contribution in [0, 0.1) is 0 Å². The van der Waals surface area contributed by atoms with Crippen molar-refractivity contribution in [2.75, 3.05) is 24.5 Å². The fraction of sp³-hybridized carbons (Fsp3) is 0.412. The van der Waals surface area contributed by atoms with Gasteiger partial charge in [-0.2, -0.15) is 0 Å². The van der Waals surface area contributed by atoms with E-state index in [9.17, 15) is 4.79 Å². The first-order chi connectivity index (χ1) is 10.6. The van der Waals surface area contributed by atoms with E-state index in [1.165, 1.54) is 17.4 Å². The van der Waals surface area contributed by atoms with Gasteiger partial charge in [0.05, 0.1) is 4.91 Å². The quantitative estimate of drug-likeness (QED) is 0.576. The van der Waals surface area contributed by atoms with Crippen LogP contribution in [0.2, 0.25) is 0 Å². The zero-order valence-corrected chi connectivity index (χ0v) is 15.0. The lowest BCUT2D eigenvalue weighted by atomic mass is 10.1. The summed E-state index contributed by atoms with van der Waals surface area (Å²) in [6, 6.07) is 8.32. The summed E-state index contributed by atoms with van der Waals surface area (Å²) in [6.07, 6.45) is 2.85. The fourth-order valence-corrected chi connectivity index (χ4v) is 3.75. The number of anilines is 1. The summed E-state index contributed by atoms with van der Waals surface area (Å²) in [4.78, 5) is 17.0. The van der Waals surface area contributed by atoms with Crippen molar-refractivity contribution < 1.29 is 4.79 Å². The largest absolute Gasteiger partial charge is 0.372 e. The molecule has 0 aliphatic carbocycles. The molecule has 0 spiro atoms. The first-order valence-corrected chi connectivity index (χ1v) is 8.93. The average molecular weight is 335 g/mol. The Morgan fingerprint density at radius 1 is 1.18 bits per heavy atom. The Hall–Kier alpha value is -1.33. The lowest BCUT2D eigenvalue weighted by Gasteiger charge is -2.20. The molecule has 1 aliphatic heterocycles. The SMILES string of the molecule is CCCN1C(=O)/C(=C/c2ccc(N(CC)CC)cc2)SC1=S. The van der Waals surface area contributed by atoms with Gasteiger partial charge in [0, 0.05) is 25.3 Å². The van der Waals surface area contributed by atoms with Crippen molar-refractivity contribution in [1.82, 2.24) is 4.90 Å². The Bertz CT molecular complexity index is 577. The number of rotatable bonds is 6. The van der Waals surface area contributed by atoms with Crippen LogP contribution >= 0.6 is 24.0 Å². The first kappa shape index (κ1) is 17.0. The van der Waals surface area contributed by atoms with Crippen LogP contribution in [0.1, 0.15) is 32.8 Å². The number of amides is 1. The number of hydrogen-bond donors (Lipinski definition) is 0. The summed E-state index contributed by atoms with van der Waals surface area (Å²) >= 11 is 6.68. The molecule has 0 bridgehead atoms. The van der Waals surface area contributed by atoms with Crippen LogP contribution in [0.15, 0.2) is 29.2 Å². The second-order valence-corrected chi connectivity index (χ2v) is 6.77. The lowest BCUT2D eigenvalue weighted by Crippen LogP contribution is -2.28. The standard InChI is InChI=1S/C17H22N2OS2/c1-4-11-19-16(20)15(22-17(19)21)12-13-7-9-14(10-8-13)18(5-2)6-3/h7-10,12H,4-6,11H2,1-3H3/b15-12-. The molecule has 1 aromatic carbocycles. The lowest BCUT2D eigenvalue weighted by molar-refractivity contribution is -0.122. The molecule has 0 saturated carbocycles. The predicted octanol–water partition coefficient (Wildman–Crippen LogP) is 4.14. The van der Waals surface area contributed by atoms with Crippen LogP contribution < -0.4 is 4.90 Å². The number of carbonyl (C=O) groups is 1. The van der Waals surface area contributed by atoms with Crippen molar-refractivity contribution in [2.24, 2.45) is 0 Å². The van der Waals surface area contributed by atoms with E-state index < -0.39 is 0 Å². The van der Waals surface area contributed by atoms with Gasteiger partial charge in [-0.3, -0.25) is 9.69 Å². The van der Waals surface area contributed by atoms with Gasteiger partial charge in [0.2, 0.25) is 0 Å². The highest BCUT2D eigenvalue weighted by atomic mass is 32.2. The fourth-order valence-electron chi connectivity index (χ4n) is 2.44. The van der Waals surface area contributed by atoms with Crippen LogP contribution in [0.3, 0.4) is 0 Å². The topological polar surface area (TPSA) is 23.6 Å². The van der Waals surface area contributed by atoms with E-state index >= 15 is 0 Å². The number of carbonyl (C=O) groups excluding carboxylic acids is 1. The maximum Gasteiger partial charge on any atom is 0.266 e. The molecule has 5 heteroatoms. The maximum absolute atomic E-state index is 12.3. The van der Waals surface area contributed by atoms with Gasteiger partial charge in [0.25, 0.3) is 5.91 Å². The van der Waals surface area contributed by atoms with Gasteiger partial charge in [-0.1, -0.05) is 43.0 Å². The van der Waals surface area contributed by atoms with Gasteiger partial charge in [0.1, 0.15) is 4.32 Å². The van der Waals surface area contributed by atoms with Gasteiger partial charge < -0.3 is 4.90 Å². The third kappa shape index (κ3) is 3.70. The molecule has 1 fully saturated rings. The van der Waals surface area contributed by atoms with Crippen LogP contribution in [-0.2, 0) is 4.79 Å². The molecule has 1 saturated heterocycles. The van der Waals surface area contributed by atoms with Crippen molar-refractivity contribution in [2.45, 2.75) is 27.2 Å². The predicted molar refractivity (Wildman–Crippen MR) is 100 cm³/mol. The molecule has 1 heterocycles. The smallest absolute Gasteiger partial charge is 0.266 e. The molecular weight excluding hydrogens is 312 g/mol. The Labute approximate surface area is 142 Å². The normalized spacial score (nSPS) is 16.7. The van der Waals surface area contributed by atoms with Gasteiger partial charge in [-0.25, -0.2) is 0 Å². The van der Waals surface area contributed by atoms with Crippen LogP contribution in [0.25, 0.3) is 6.08 Å². The molecule has 0 N–H and O–H groups in total. The van der Waals surface area contributed by atoms with Crippen molar-refractivity contribution >= 4 is 46.0 Å². The molecule has 22 heavy (non-hydrogen) atoms. The average Bonchev–Trinajstić information content (AvgIpc) is 2.78. The summed E-state index contributed by atoms with van der Waals surface area (Å²) < 4.78 is 0.665. The van der Waals surface area contributed by atoms with Crippen molar-refractivity contribution in [3.63, 3.8) is 0 Å². The number of thioether (sulfide) groups is 1. The third-order valence-corrected chi connectivity index (χ3v) is 5.02. The van der Waals surface area contributed by atoms with E-state index in [-0.39, 0.29) is 5.91 Å². The summed E-state index contributed by atoms with van der Waals surface area (Å²) in [5.74, 6) is 0.0321. The minimum atomic E-state index is 0.0321. The van der Waals surface area contributed by atoms with E-state index in [0.717, 1.165) is 25.1 Å². The molecule has 0 aromatic heterocycles. The van der Waals surface area contributed by atoms with E-state index in [1.807, 2.05) is 13.0 Å². The first-order valence-electron chi connectivity index (χ1n) is 7.71. The highest BCUT2D eigenvalue weighted by Crippen LogP contribution is 2.32. The Morgan fingerprint density at radius 2 is 1.82 bits per heavy atom. The summed E-state index contributed by atoms with van der Waals surface area (Å²) in [5, 5.41) is 0. The molecule has 0 radical (unpaired) electrons. The van der Waals surface area contributed by atoms with E-state index in [4.69, 9.17) is 12.2 Å². The van der Waals surface area contributed by atoms with Crippen LogP contribution in [0.4, 0.5) is 5.69 Å². The van der Waals surface area contributed by atoms with Gasteiger partial charge >= 0.3 is 0 Å². The highest BCUT2D eigenvalue weighted by Gasteiger charge is 2.31. The molecule has 1 aromatic rings. The zero-order chi connectivity index (χ0) is 16.1. The Morgan fingerprint density at radius 3 is 2.36 bits per heavy atom. The second-order valence-electron chi connectivity index (χ2n) is 5.10. The monoisotopic (exact) mass is 334 g/mol. The number of benzene rings is 1. The third-order valence-electron chi connectivity index (χ3n) is 3.64. The van der Waals surface area contributed by atoms with Crippen LogP contribution in [0.5, 0.6) is 0 Å². The number of nitrogens with zero attached hydrogens (tertiary/aromatic N) is 2. The minimum absolute atomic E-state index is 0.0321. The second kappa shape index (κ2) is 7.79. The molecule has 1 aliphatic rings. The summed E-state index contributed by atoms with van der Waals surface area (Å²) in [6.45, 7) is 9.03.